The topological polar surface area (TPSA) is 22.0 Å². The Morgan fingerprint density at radius 3 is 1.60 bits per heavy atom. The average Bonchev–Trinajstić information content (AvgIpc) is 3.73. The third-order valence-electron chi connectivity index (χ3n) is 9.83. The second kappa shape index (κ2) is 8.31. The smallest absolute Gasteiger partial charge is 0.137 e. The van der Waals surface area contributed by atoms with Crippen LogP contribution in [0, 0.1) is 0 Å². The molecule has 4 heterocycles. The summed E-state index contributed by atoms with van der Waals surface area (Å²) in [7, 11) is 0. The monoisotopic (exact) mass is 572 g/mol. The zero-order valence-electron chi connectivity index (χ0n) is 24.2. The fraction of sp³-hybridized carbons (Fsp3) is 0. The predicted molar refractivity (Wildman–Crippen MR) is 189 cm³/mol. The Balaban J connectivity index is 1.46. The van der Waals surface area contributed by atoms with Crippen molar-refractivity contribution in [2.24, 2.45) is 0 Å². The number of furan rings is 1. The summed E-state index contributed by atoms with van der Waals surface area (Å²) in [6, 6.07) is 53.3. The Morgan fingerprint density at radius 1 is 0.311 bits per heavy atom. The minimum Gasteiger partial charge on any atom is -0.456 e. The van der Waals surface area contributed by atoms with E-state index in [1.807, 2.05) is 6.07 Å². The number of hydrogen-bond acceptors (Lipinski definition) is 1. The van der Waals surface area contributed by atoms with Crippen LogP contribution in [-0.4, -0.2) is 8.80 Å². The number of para-hydroxylation sites is 2. The lowest BCUT2D eigenvalue weighted by Crippen LogP contribution is -1.88. The van der Waals surface area contributed by atoms with Gasteiger partial charge in [-0.15, -0.1) is 0 Å². The molecule has 0 aliphatic carbocycles. The molecular formula is C42H24N2O. The second-order valence-electron chi connectivity index (χ2n) is 12.2. The van der Waals surface area contributed by atoms with Crippen molar-refractivity contribution in [3.05, 3.63) is 146 Å². The van der Waals surface area contributed by atoms with E-state index < -0.39 is 0 Å². The van der Waals surface area contributed by atoms with Gasteiger partial charge in [-0.3, -0.25) is 0 Å². The Hall–Kier alpha value is -6.06. The Kier molecular flexibility index (Phi) is 4.32. The Labute approximate surface area is 256 Å². The minimum atomic E-state index is 0.904. The fourth-order valence-electron chi connectivity index (χ4n) is 7.86. The normalized spacial score (nSPS) is 12.4. The van der Waals surface area contributed by atoms with Crippen molar-refractivity contribution in [1.29, 1.82) is 0 Å². The van der Waals surface area contributed by atoms with Crippen molar-refractivity contribution in [2.45, 2.75) is 0 Å². The van der Waals surface area contributed by atoms with Gasteiger partial charge in [0.15, 0.2) is 0 Å². The van der Waals surface area contributed by atoms with Crippen LogP contribution in [0.2, 0.25) is 0 Å². The van der Waals surface area contributed by atoms with Gasteiger partial charge in [0.05, 0.1) is 22.1 Å². The molecule has 0 saturated carbocycles. The summed E-state index contributed by atoms with van der Waals surface area (Å²) in [6.45, 7) is 0. The van der Waals surface area contributed by atoms with Gasteiger partial charge in [-0.1, -0.05) is 91.0 Å². The first kappa shape index (κ1) is 23.4. The average molecular weight is 573 g/mol. The molecule has 11 aromatic rings. The van der Waals surface area contributed by atoms with Gasteiger partial charge in [0.25, 0.3) is 0 Å². The quantitative estimate of drug-likeness (QED) is 0.177. The lowest BCUT2D eigenvalue weighted by atomic mass is 10.0. The largest absolute Gasteiger partial charge is 0.456 e. The van der Waals surface area contributed by atoms with E-state index in [-0.39, 0.29) is 0 Å². The number of benzene rings is 7. The summed E-state index contributed by atoms with van der Waals surface area (Å²) in [5.41, 5.74) is 8.81. The maximum Gasteiger partial charge on any atom is 0.137 e. The van der Waals surface area contributed by atoms with E-state index in [1.54, 1.807) is 0 Å². The minimum absolute atomic E-state index is 0.904. The maximum atomic E-state index is 6.41. The number of nitrogens with zero attached hydrogens (tertiary/aromatic N) is 2. The van der Waals surface area contributed by atoms with Crippen molar-refractivity contribution in [3.8, 4) is 0 Å². The molecule has 7 aromatic carbocycles. The Bertz CT molecular complexity index is 3100. The number of aromatic nitrogens is 2. The molecule has 0 radical (unpaired) electrons. The number of hydrogen-bond donors (Lipinski definition) is 0. The molecule has 0 saturated heterocycles. The van der Waals surface area contributed by atoms with E-state index >= 15 is 0 Å². The van der Waals surface area contributed by atoms with Crippen LogP contribution in [0.4, 0.5) is 0 Å². The lowest BCUT2D eigenvalue weighted by molar-refractivity contribution is 0.669. The third-order valence-corrected chi connectivity index (χ3v) is 9.83. The van der Waals surface area contributed by atoms with Crippen LogP contribution in [0.15, 0.2) is 150 Å². The predicted octanol–water partition coefficient (Wildman–Crippen LogP) is 11.6. The van der Waals surface area contributed by atoms with E-state index in [9.17, 15) is 0 Å². The van der Waals surface area contributed by atoms with Crippen LogP contribution in [0.5, 0.6) is 0 Å². The van der Waals surface area contributed by atoms with Crippen molar-refractivity contribution >= 4 is 98.1 Å². The second-order valence-corrected chi connectivity index (χ2v) is 12.2. The molecule has 0 atom stereocenters. The Morgan fingerprint density at radius 2 is 0.867 bits per heavy atom. The van der Waals surface area contributed by atoms with Crippen LogP contribution < -0.4 is 0 Å². The zero-order valence-corrected chi connectivity index (χ0v) is 24.2. The van der Waals surface area contributed by atoms with Crippen LogP contribution >= 0.6 is 0 Å². The molecule has 6 bridgehead atoms. The molecule has 4 aromatic heterocycles. The van der Waals surface area contributed by atoms with E-state index in [0.29, 0.717) is 0 Å². The highest BCUT2D eigenvalue weighted by Crippen LogP contribution is 2.39. The fourth-order valence-corrected chi connectivity index (χ4v) is 7.86. The third kappa shape index (κ3) is 3.04. The van der Waals surface area contributed by atoms with Gasteiger partial charge in [0.2, 0.25) is 0 Å². The summed E-state index contributed by atoms with van der Waals surface area (Å²) < 4.78 is 11.3. The molecule has 0 aliphatic rings. The van der Waals surface area contributed by atoms with E-state index in [0.717, 1.165) is 38.5 Å². The van der Waals surface area contributed by atoms with Crippen LogP contribution in [0.3, 0.4) is 0 Å². The summed E-state index contributed by atoms with van der Waals surface area (Å²) in [5.74, 6) is 0. The summed E-state index contributed by atoms with van der Waals surface area (Å²) in [6.07, 6.45) is 0. The van der Waals surface area contributed by atoms with Crippen LogP contribution in [-0.2, 0) is 0 Å². The highest BCUT2D eigenvalue weighted by molar-refractivity contribution is 6.19. The molecule has 0 aliphatic heterocycles. The van der Waals surface area contributed by atoms with Gasteiger partial charge in [-0.2, -0.15) is 0 Å². The number of rotatable bonds is 0. The van der Waals surface area contributed by atoms with Crippen LogP contribution in [0.1, 0.15) is 0 Å². The van der Waals surface area contributed by atoms with Crippen molar-refractivity contribution in [1.82, 2.24) is 8.80 Å². The van der Waals surface area contributed by atoms with Gasteiger partial charge in [-0.05, 0) is 70.1 Å². The SMILES string of the molecule is c1ccc2c(c1)oc1cc3c(cc12)c1ccc2cc1n3c1cccc(c1)n1c3ccccc3c3ccc(cc31)c1ccccc21. The zero-order chi connectivity index (χ0) is 29.2. The molecule has 0 unspecified atom stereocenters. The molecule has 0 fully saturated rings. The standard InChI is InChI=1S/C42H24N2O/c1-2-11-30-26-17-19-33-35-23-36-34-13-4-6-15-41(34)45-42(36)24-40(35)44(39(33)21-26)28-9-7-8-27(22-28)43-37-14-5-3-12-31(37)32-18-16-25(20-38(32)43)29(30)10-1/h1-24H. The van der Waals surface area contributed by atoms with Gasteiger partial charge in [-0.25, -0.2) is 0 Å². The molecule has 3 nitrogen and oxygen atoms in total. The first-order valence-corrected chi connectivity index (χ1v) is 15.4. The van der Waals surface area contributed by atoms with Crippen molar-refractivity contribution < 1.29 is 4.42 Å². The molecule has 3 heteroatoms. The summed E-state index contributed by atoms with van der Waals surface area (Å²) in [5, 5.41) is 12.1. The first-order chi connectivity index (χ1) is 22.3. The van der Waals surface area contributed by atoms with Gasteiger partial charge in [0.1, 0.15) is 11.2 Å². The highest BCUT2D eigenvalue weighted by Gasteiger charge is 2.16. The highest BCUT2D eigenvalue weighted by atomic mass is 16.3. The molecule has 11 rings (SSSR count). The van der Waals surface area contributed by atoms with Gasteiger partial charge in [0, 0.05) is 49.4 Å². The number of fused-ring (bicyclic) bond motifs is 18. The van der Waals surface area contributed by atoms with Crippen LogP contribution in [0.25, 0.3) is 98.1 Å². The molecule has 0 amide bonds. The molecule has 0 spiro atoms. The van der Waals surface area contributed by atoms with E-state index in [2.05, 4.69) is 148 Å². The van der Waals surface area contributed by atoms with Crippen molar-refractivity contribution in [3.63, 3.8) is 0 Å². The molecule has 45 heavy (non-hydrogen) atoms. The summed E-state index contributed by atoms with van der Waals surface area (Å²) >= 11 is 0. The lowest BCUT2D eigenvalue weighted by Gasteiger charge is -2.03. The van der Waals surface area contributed by atoms with Gasteiger partial charge >= 0.3 is 0 Å². The van der Waals surface area contributed by atoms with E-state index in [4.69, 9.17) is 4.42 Å². The van der Waals surface area contributed by atoms with Crippen molar-refractivity contribution in [2.75, 3.05) is 0 Å². The van der Waals surface area contributed by atoms with E-state index in [1.165, 1.54) is 59.6 Å². The maximum absolute atomic E-state index is 6.41. The summed E-state index contributed by atoms with van der Waals surface area (Å²) in [4.78, 5) is 0. The van der Waals surface area contributed by atoms with Gasteiger partial charge < -0.3 is 13.2 Å². The molecule has 0 N–H and O–H groups in total. The molecular weight excluding hydrogens is 548 g/mol. The molecule has 208 valence electrons. The first-order valence-electron chi connectivity index (χ1n) is 15.4.